The van der Waals surface area contributed by atoms with Crippen molar-refractivity contribution >= 4 is 23.2 Å². The smallest absolute Gasteiger partial charge is 0.396 e. The number of carbonyl (C=O) groups is 2. The third kappa shape index (κ3) is 2.41. The van der Waals surface area contributed by atoms with Gasteiger partial charge in [-0.1, -0.05) is 0 Å². The summed E-state index contributed by atoms with van der Waals surface area (Å²) in [5.41, 5.74) is 1.06. The molecule has 1 aromatic rings. The third-order valence-corrected chi connectivity index (χ3v) is 3.27. The lowest BCUT2D eigenvalue weighted by molar-refractivity contribution is -0.158. The van der Waals surface area contributed by atoms with Crippen LogP contribution in [0.1, 0.15) is 18.4 Å². The second-order valence-corrected chi connectivity index (χ2v) is 4.57. The van der Waals surface area contributed by atoms with Gasteiger partial charge < -0.3 is 9.64 Å². The number of esters is 1. The Morgan fingerprint density at radius 1 is 1.56 bits per heavy atom. The van der Waals surface area contributed by atoms with E-state index in [4.69, 9.17) is 0 Å². The predicted octanol–water partition coefficient (Wildman–Crippen LogP) is 1.41. The number of rotatable bonds is 3. The van der Waals surface area contributed by atoms with Crippen LogP contribution in [0.4, 0.5) is 0 Å². The number of hydrogen-bond donors (Lipinski definition) is 0. The van der Waals surface area contributed by atoms with E-state index < -0.39 is 11.9 Å². The minimum atomic E-state index is -0.776. The van der Waals surface area contributed by atoms with Gasteiger partial charge in [-0.3, -0.25) is 4.79 Å². The molecule has 1 fully saturated rings. The molecule has 2 rings (SSSR count). The maximum absolute atomic E-state index is 11.7. The molecule has 0 N–H and O–H groups in total. The fourth-order valence-electron chi connectivity index (χ4n) is 1.54. The van der Waals surface area contributed by atoms with Crippen molar-refractivity contribution in [1.29, 1.82) is 0 Å². The number of amides is 1. The lowest BCUT2D eigenvalue weighted by Gasteiger charge is -2.20. The Kier molecular flexibility index (Phi) is 3.24. The zero-order valence-electron chi connectivity index (χ0n) is 9.01. The van der Waals surface area contributed by atoms with Crippen molar-refractivity contribution in [3.8, 4) is 0 Å². The first-order valence-electron chi connectivity index (χ1n) is 5.12. The quantitative estimate of drug-likeness (QED) is 0.592. The van der Waals surface area contributed by atoms with Gasteiger partial charge in [0.05, 0.1) is 7.11 Å². The van der Waals surface area contributed by atoms with Gasteiger partial charge in [-0.2, -0.15) is 11.3 Å². The van der Waals surface area contributed by atoms with Crippen molar-refractivity contribution in [3.63, 3.8) is 0 Å². The van der Waals surface area contributed by atoms with Gasteiger partial charge in [-0.15, -0.1) is 0 Å². The van der Waals surface area contributed by atoms with Gasteiger partial charge in [0.25, 0.3) is 0 Å². The Morgan fingerprint density at radius 2 is 2.31 bits per heavy atom. The van der Waals surface area contributed by atoms with Crippen molar-refractivity contribution in [2.24, 2.45) is 0 Å². The summed E-state index contributed by atoms with van der Waals surface area (Å²) in [7, 11) is 1.23. The standard InChI is InChI=1S/C11H13NO3S/c1-15-11(14)10(13)12(9-2-3-9)6-8-4-5-16-7-8/h4-5,7,9H,2-3,6H2,1H3. The molecule has 86 valence electrons. The summed E-state index contributed by atoms with van der Waals surface area (Å²) in [5.74, 6) is -1.31. The molecular weight excluding hydrogens is 226 g/mol. The monoisotopic (exact) mass is 239 g/mol. The summed E-state index contributed by atoms with van der Waals surface area (Å²) in [5, 5.41) is 3.95. The Bertz CT molecular complexity index is 384. The van der Waals surface area contributed by atoms with Crippen LogP contribution in [0.3, 0.4) is 0 Å². The summed E-state index contributed by atoms with van der Waals surface area (Å²) >= 11 is 1.59. The topological polar surface area (TPSA) is 46.6 Å². The molecule has 4 nitrogen and oxygen atoms in total. The number of ether oxygens (including phenoxy) is 1. The minimum absolute atomic E-state index is 0.214. The minimum Gasteiger partial charge on any atom is -0.462 e. The second kappa shape index (κ2) is 4.65. The van der Waals surface area contributed by atoms with Crippen LogP contribution in [0.2, 0.25) is 0 Å². The average Bonchev–Trinajstić information content (AvgIpc) is 3.01. The Hall–Kier alpha value is -1.36. The van der Waals surface area contributed by atoms with Gasteiger partial charge in [-0.25, -0.2) is 4.79 Å². The van der Waals surface area contributed by atoms with E-state index in [9.17, 15) is 9.59 Å². The van der Waals surface area contributed by atoms with Crippen molar-refractivity contribution in [1.82, 2.24) is 4.90 Å². The van der Waals surface area contributed by atoms with Gasteiger partial charge in [0.2, 0.25) is 0 Å². The van der Waals surface area contributed by atoms with E-state index >= 15 is 0 Å². The van der Waals surface area contributed by atoms with Gasteiger partial charge in [0.15, 0.2) is 0 Å². The predicted molar refractivity (Wildman–Crippen MR) is 59.9 cm³/mol. The van der Waals surface area contributed by atoms with E-state index in [1.54, 1.807) is 16.2 Å². The molecule has 0 saturated heterocycles. The molecule has 0 atom stereocenters. The van der Waals surface area contributed by atoms with Gasteiger partial charge in [0.1, 0.15) is 0 Å². The first-order chi connectivity index (χ1) is 7.72. The molecule has 1 amide bonds. The molecule has 1 heterocycles. The van der Waals surface area contributed by atoms with Crippen LogP contribution in [-0.4, -0.2) is 29.9 Å². The normalized spacial score (nSPS) is 14.6. The maximum atomic E-state index is 11.7. The van der Waals surface area contributed by atoms with Crippen LogP contribution in [-0.2, 0) is 20.9 Å². The molecule has 0 bridgehead atoms. The highest BCUT2D eigenvalue weighted by atomic mass is 32.1. The van der Waals surface area contributed by atoms with E-state index in [1.807, 2.05) is 16.8 Å². The summed E-state index contributed by atoms with van der Waals surface area (Å²) in [6, 6.07) is 2.18. The summed E-state index contributed by atoms with van der Waals surface area (Å²) in [4.78, 5) is 24.5. The zero-order valence-corrected chi connectivity index (χ0v) is 9.83. The molecule has 1 aliphatic rings. The summed E-state index contributed by atoms with van der Waals surface area (Å²) < 4.78 is 4.46. The first-order valence-corrected chi connectivity index (χ1v) is 6.06. The highest BCUT2D eigenvalue weighted by molar-refractivity contribution is 7.07. The molecule has 0 radical (unpaired) electrons. The summed E-state index contributed by atoms with van der Waals surface area (Å²) in [6.07, 6.45) is 1.96. The number of methoxy groups -OCH3 is 1. The van der Waals surface area contributed by atoms with Gasteiger partial charge in [0, 0.05) is 12.6 Å². The van der Waals surface area contributed by atoms with E-state index in [0.29, 0.717) is 6.54 Å². The van der Waals surface area contributed by atoms with Crippen molar-refractivity contribution < 1.29 is 14.3 Å². The van der Waals surface area contributed by atoms with Crippen LogP contribution >= 0.6 is 11.3 Å². The SMILES string of the molecule is COC(=O)C(=O)N(Cc1ccsc1)C1CC1. The number of thiophene rings is 1. The van der Waals surface area contributed by atoms with Crippen LogP contribution in [0, 0.1) is 0 Å². The number of hydrogen-bond acceptors (Lipinski definition) is 4. The Balaban J connectivity index is 2.05. The van der Waals surface area contributed by atoms with Crippen LogP contribution < -0.4 is 0 Å². The van der Waals surface area contributed by atoms with E-state index in [-0.39, 0.29) is 6.04 Å². The van der Waals surface area contributed by atoms with Crippen LogP contribution in [0.15, 0.2) is 16.8 Å². The van der Waals surface area contributed by atoms with Crippen molar-refractivity contribution in [2.45, 2.75) is 25.4 Å². The number of carbonyl (C=O) groups excluding carboxylic acids is 2. The molecule has 5 heteroatoms. The molecule has 1 aromatic heterocycles. The fraction of sp³-hybridized carbons (Fsp3) is 0.455. The largest absolute Gasteiger partial charge is 0.462 e. The number of nitrogens with zero attached hydrogens (tertiary/aromatic N) is 1. The van der Waals surface area contributed by atoms with Crippen molar-refractivity contribution in [3.05, 3.63) is 22.4 Å². The Labute approximate surface area is 97.8 Å². The molecule has 0 unspecified atom stereocenters. The van der Waals surface area contributed by atoms with E-state index in [2.05, 4.69) is 4.74 Å². The highest BCUT2D eigenvalue weighted by Gasteiger charge is 2.35. The maximum Gasteiger partial charge on any atom is 0.396 e. The van der Waals surface area contributed by atoms with Gasteiger partial charge in [-0.05, 0) is 35.2 Å². The lowest BCUT2D eigenvalue weighted by Crippen LogP contribution is -2.38. The fourth-order valence-corrected chi connectivity index (χ4v) is 2.20. The molecule has 0 aromatic carbocycles. The zero-order chi connectivity index (χ0) is 11.5. The van der Waals surface area contributed by atoms with Crippen LogP contribution in [0.25, 0.3) is 0 Å². The van der Waals surface area contributed by atoms with Crippen LogP contribution in [0.5, 0.6) is 0 Å². The third-order valence-electron chi connectivity index (χ3n) is 2.54. The van der Waals surface area contributed by atoms with Gasteiger partial charge >= 0.3 is 11.9 Å². The van der Waals surface area contributed by atoms with E-state index in [0.717, 1.165) is 18.4 Å². The Morgan fingerprint density at radius 3 is 2.81 bits per heavy atom. The molecule has 1 saturated carbocycles. The molecule has 1 aliphatic carbocycles. The molecule has 0 spiro atoms. The summed E-state index contributed by atoms with van der Waals surface area (Å²) in [6.45, 7) is 0.502. The van der Waals surface area contributed by atoms with E-state index in [1.165, 1.54) is 7.11 Å². The highest BCUT2D eigenvalue weighted by Crippen LogP contribution is 2.28. The molecule has 16 heavy (non-hydrogen) atoms. The molecular formula is C11H13NO3S. The average molecular weight is 239 g/mol. The van der Waals surface area contributed by atoms with Crippen molar-refractivity contribution in [2.75, 3.05) is 7.11 Å². The molecule has 0 aliphatic heterocycles. The second-order valence-electron chi connectivity index (χ2n) is 3.79. The first kappa shape index (κ1) is 11.1. The lowest BCUT2D eigenvalue weighted by atomic mass is 10.3.